The molecule has 0 spiro atoms. The van der Waals surface area contributed by atoms with Crippen molar-refractivity contribution in [3.63, 3.8) is 0 Å². The molecule has 0 aliphatic carbocycles. The van der Waals surface area contributed by atoms with E-state index in [1.165, 1.54) is 5.56 Å². The summed E-state index contributed by atoms with van der Waals surface area (Å²) in [5.74, 6) is 1.47. The summed E-state index contributed by atoms with van der Waals surface area (Å²) in [4.78, 5) is 4.54. The van der Waals surface area contributed by atoms with Gasteiger partial charge >= 0.3 is 0 Å². The van der Waals surface area contributed by atoms with E-state index in [-0.39, 0.29) is 0 Å². The molecule has 0 unspecified atom stereocenters. The quantitative estimate of drug-likeness (QED) is 0.727. The Morgan fingerprint density at radius 3 is 2.33 bits per heavy atom. The average molecular weight is 279 g/mol. The smallest absolute Gasteiger partial charge is 0.161 e. The lowest BCUT2D eigenvalue weighted by atomic mass is 10.0. The molecular weight excluding hydrogens is 262 g/mol. The van der Waals surface area contributed by atoms with Crippen molar-refractivity contribution in [2.24, 2.45) is 0 Å². The van der Waals surface area contributed by atoms with Crippen LogP contribution in [0.2, 0.25) is 0 Å². The summed E-state index contributed by atoms with van der Waals surface area (Å²) in [5.41, 5.74) is 2.28. The maximum Gasteiger partial charge on any atom is 0.161 e. The molecule has 21 heavy (non-hydrogen) atoms. The largest absolute Gasteiger partial charge is 0.493 e. The van der Waals surface area contributed by atoms with Crippen molar-refractivity contribution in [3.05, 3.63) is 66.0 Å². The highest BCUT2D eigenvalue weighted by Gasteiger charge is 2.10. The van der Waals surface area contributed by atoms with Gasteiger partial charge in [-0.15, -0.1) is 0 Å². The van der Waals surface area contributed by atoms with Crippen LogP contribution >= 0.6 is 0 Å². The van der Waals surface area contributed by atoms with Crippen LogP contribution in [0.25, 0.3) is 10.8 Å². The Morgan fingerprint density at radius 1 is 0.905 bits per heavy atom. The summed E-state index contributed by atoms with van der Waals surface area (Å²) >= 11 is 0. The first kappa shape index (κ1) is 13.4. The van der Waals surface area contributed by atoms with Gasteiger partial charge in [-0.3, -0.25) is 4.98 Å². The first-order chi connectivity index (χ1) is 10.3. The summed E-state index contributed by atoms with van der Waals surface area (Å²) in [7, 11) is 3.30. The number of methoxy groups -OCH3 is 2. The summed E-state index contributed by atoms with van der Waals surface area (Å²) in [6.07, 6.45) is 2.64. The first-order valence-corrected chi connectivity index (χ1v) is 6.85. The molecule has 0 N–H and O–H groups in total. The SMILES string of the molecule is COc1cc2ccnc(Cc3ccccc3)c2cc1OC. The normalized spacial score (nSPS) is 10.6. The van der Waals surface area contributed by atoms with Crippen LogP contribution in [0.3, 0.4) is 0 Å². The Morgan fingerprint density at radius 2 is 1.62 bits per heavy atom. The lowest BCUT2D eigenvalue weighted by Gasteiger charge is -2.11. The van der Waals surface area contributed by atoms with Crippen molar-refractivity contribution < 1.29 is 9.47 Å². The number of hydrogen-bond acceptors (Lipinski definition) is 3. The van der Waals surface area contributed by atoms with Crippen LogP contribution < -0.4 is 9.47 Å². The van der Waals surface area contributed by atoms with Crippen molar-refractivity contribution >= 4 is 10.8 Å². The Hall–Kier alpha value is -2.55. The molecule has 0 saturated heterocycles. The standard InChI is InChI=1S/C18H17NO2/c1-20-17-11-14-8-9-19-16(15(14)12-18(17)21-2)10-13-6-4-3-5-7-13/h3-9,11-12H,10H2,1-2H3. The molecule has 106 valence electrons. The summed E-state index contributed by atoms with van der Waals surface area (Å²) in [5, 5.41) is 2.20. The van der Waals surface area contributed by atoms with Crippen LogP contribution in [-0.4, -0.2) is 19.2 Å². The van der Waals surface area contributed by atoms with Crippen LogP contribution in [-0.2, 0) is 6.42 Å². The second-order valence-electron chi connectivity index (χ2n) is 4.85. The number of fused-ring (bicyclic) bond motifs is 1. The molecule has 1 heterocycles. The number of aromatic nitrogens is 1. The van der Waals surface area contributed by atoms with E-state index in [1.54, 1.807) is 14.2 Å². The number of ether oxygens (including phenoxy) is 2. The number of rotatable bonds is 4. The topological polar surface area (TPSA) is 31.4 Å². The van der Waals surface area contributed by atoms with Gasteiger partial charge in [-0.05, 0) is 29.1 Å². The molecule has 0 atom stereocenters. The van der Waals surface area contributed by atoms with E-state index in [0.29, 0.717) is 0 Å². The molecule has 0 saturated carbocycles. The van der Waals surface area contributed by atoms with Crippen LogP contribution in [0.4, 0.5) is 0 Å². The summed E-state index contributed by atoms with van der Waals surface area (Å²) in [6.45, 7) is 0. The molecule has 3 aromatic rings. The van der Waals surface area contributed by atoms with Crippen LogP contribution in [0.5, 0.6) is 11.5 Å². The molecule has 3 rings (SSSR count). The fraction of sp³-hybridized carbons (Fsp3) is 0.167. The zero-order chi connectivity index (χ0) is 14.7. The van der Waals surface area contributed by atoms with Crippen molar-refractivity contribution in [1.82, 2.24) is 4.98 Å². The molecule has 0 radical (unpaired) electrons. The van der Waals surface area contributed by atoms with Crippen LogP contribution in [0.15, 0.2) is 54.7 Å². The zero-order valence-corrected chi connectivity index (χ0v) is 12.2. The lowest BCUT2D eigenvalue weighted by Crippen LogP contribution is -1.96. The van der Waals surface area contributed by atoms with Crippen molar-refractivity contribution in [3.8, 4) is 11.5 Å². The van der Waals surface area contributed by atoms with Gasteiger partial charge in [0, 0.05) is 18.0 Å². The second-order valence-corrected chi connectivity index (χ2v) is 4.85. The highest BCUT2D eigenvalue weighted by molar-refractivity contribution is 5.88. The third-order valence-electron chi connectivity index (χ3n) is 3.57. The van der Waals surface area contributed by atoms with E-state index in [1.807, 2.05) is 42.6 Å². The van der Waals surface area contributed by atoms with Crippen molar-refractivity contribution in [2.75, 3.05) is 14.2 Å². The molecule has 2 aromatic carbocycles. The number of benzene rings is 2. The summed E-state index contributed by atoms with van der Waals surface area (Å²) < 4.78 is 10.8. The van der Waals surface area contributed by atoms with Gasteiger partial charge < -0.3 is 9.47 Å². The minimum Gasteiger partial charge on any atom is -0.493 e. The number of pyridine rings is 1. The van der Waals surface area contributed by atoms with E-state index in [9.17, 15) is 0 Å². The van der Waals surface area contributed by atoms with E-state index in [0.717, 1.165) is 34.4 Å². The second kappa shape index (κ2) is 5.83. The predicted molar refractivity (Wildman–Crippen MR) is 84.1 cm³/mol. The first-order valence-electron chi connectivity index (χ1n) is 6.85. The highest BCUT2D eigenvalue weighted by Crippen LogP contribution is 2.33. The van der Waals surface area contributed by atoms with Gasteiger partial charge in [0.25, 0.3) is 0 Å². The predicted octanol–water partition coefficient (Wildman–Crippen LogP) is 3.84. The van der Waals surface area contributed by atoms with Gasteiger partial charge in [0.2, 0.25) is 0 Å². The molecule has 0 bridgehead atoms. The maximum absolute atomic E-state index is 5.40. The molecule has 3 nitrogen and oxygen atoms in total. The van der Waals surface area contributed by atoms with Crippen LogP contribution in [0.1, 0.15) is 11.3 Å². The molecule has 0 aliphatic rings. The van der Waals surface area contributed by atoms with Gasteiger partial charge in [0.1, 0.15) is 0 Å². The van der Waals surface area contributed by atoms with Crippen LogP contribution in [0, 0.1) is 0 Å². The van der Waals surface area contributed by atoms with E-state index < -0.39 is 0 Å². The number of hydrogen-bond donors (Lipinski definition) is 0. The molecule has 1 aromatic heterocycles. The Labute approximate surface area is 124 Å². The molecule has 3 heteroatoms. The highest BCUT2D eigenvalue weighted by atomic mass is 16.5. The van der Waals surface area contributed by atoms with E-state index in [4.69, 9.17) is 9.47 Å². The minimum atomic E-state index is 0.729. The fourth-order valence-electron chi connectivity index (χ4n) is 2.49. The van der Waals surface area contributed by atoms with Gasteiger partial charge in [-0.2, -0.15) is 0 Å². The zero-order valence-electron chi connectivity index (χ0n) is 12.2. The summed E-state index contributed by atoms with van der Waals surface area (Å²) in [6, 6.07) is 16.3. The van der Waals surface area contributed by atoms with Gasteiger partial charge in [0.15, 0.2) is 11.5 Å². The monoisotopic (exact) mass is 279 g/mol. The Balaban J connectivity index is 2.10. The van der Waals surface area contributed by atoms with Gasteiger partial charge in [-0.25, -0.2) is 0 Å². The van der Waals surface area contributed by atoms with E-state index in [2.05, 4.69) is 17.1 Å². The van der Waals surface area contributed by atoms with Crippen molar-refractivity contribution in [1.29, 1.82) is 0 Å². The van der Waals surface area contributed by atoms with Crippen molar-refractivity contribution in [2.45, 2.75) is 6.42 Å². The fourth-order valence-corrected chi connectivity index (χ4v) is 2.49. The molecule has 0 aliphatic heterocycles. The molecular formula is C18H17NO2. The molecule has 0 amide bonds. The lowest BCUT2D eigenvalue weighted by molar-refractivity contribution is 0.356. The average Bonchev–Trinajstić information content (AvgIpc) is 2.55. The van der Waals surface area contributed by atoms with E-state index >= 15 is 0 Å². The number of nitrogens with zero attached hydrogens (tertiary/aromatic N) is 1. The molecule has 0 fully saturated rings. The maximum atomic E-state index is 5.40. The van der Waals surface area contributed by atoms with Gasteiger partial charge in [0.05, 0.1) is 19.9 Å². The minimum absolute atomic E-state index is 0.729. The Kier molecular flexibility index (Phi) is 3.73. The third kappa shape index (κ3) is 2.68. The van der Waals surface area contributed by atoms with Gasteiger partial charge in [-0.1, -0.05) is 30.3 Å². The third-order valence-corrected chi connectivity index (χ3v) is 3.57. The Bertz CT molecular complexity index is 754.